The van der Waals surface area contributed by atoms with Crippen LogP contribution in [0, 0.1) is 11.3 Å². The predicted molar refractivity (Wildman–Crippen MR) is 78.9 cm³/mol. The van der Waals surface area contributed by atoms with Crippen molar-refractivity contribution < 1.29 is 21.6 Å². The van der Waals surface area contributed by atoms with E-state index in [4.69, 9.17) is 5.26 Å². The van der Waals surface area contributed by atoms with Crippen molar-refractivity contribution in [3.05, 3.63) is 70.8 Å². The van der Waals surface area contributed by atoms with Gasteiger partial charge in [0, 0.05) is 0 Å². The van der Waals surface area contributed by atoms with Crippen molar-refractivity contribution in [1.82, 2.24) is 0 Å². The molecule has 0 radical (unpaired) electrons. The summed E-state index contributed by atoms with van der Waals surface area (Å²) in [5.74, 6) is -0.579. The van der Waals surface area contributed by atoms with Crippen molar-refractivity contribution >= 4 is 9.84 Å². The van der Waals surface area contributed by atoms with Gasteiger partial charge in [0.05, 0.1) is 28.7 Å². The van der Waals surface area contributed by atoms with E-state index in [1.165, 1.54) is 24.3 Å². The fourth-order valence-electron chi connectivity index (χ4n) is 2.02. The summed E-state index contributed by atoms with van der Waals surface area (Å²) in [6.45, 7) is 0. The number of halogens is 3. The summed E-state index contributed by atoms with van der Waals surface area (Å²) in [6.07, 6.45) is -4.44. The van der Waals surface area contributed by atoms with Gasteiger partial charge in [-0.25, -0.2) is 8.42 Å². The molecule has 0 unspecified atom stereocenters. The Morgan fingerprint density at radius 3 is 1.70 bits per heavy atom. The molecule has 0 heterocycles. The maximum absolute atomic E-state index is 12.5. The van der Waals surface area contributed by atoms with Crippen molar-refractivity contribution in [2.24, 2.45) is 0 Å². The molecule has 0 bridgehead atoms. The van der Waals surface area contributed by atoms with Gasteiger partial charge in [0.1, 0.15) is 0 Å². The molecule has 2 aromatic rings. The lowest BCUT2D eigenvalue weighted by Crippen LogP contribution is -2.09. The highest BCUT2D eigenvalue weighted by Crippen LogP contribution is 2.29. The van der Waals surface area contributed by atoms with E-state index < -0.39 is 21.6 Å². The van der Waals surface area contributed by atoms with Crippen molar-refractivity contribution in [3.63, 3.8) is 0 Å². The maximum Gasteiger partial charge on any atom is 0.416 e. The van der Waals surface area contributed by atoms with Gasteiger partial charge in [0.2, 0.25) is 0 Å². The number of hydrogen-bond acceptors (Lipinski definition) is 3. The van der Waals surface area contributed by atoms with Gasteiger partial charge < -0.3 is 0 Å². The zero-order valence-corrected chi connectivity index (χ0v) is 12.7. The van der Waals surface area contributed by atoms with Crippen LogP contribution >= 0.6 is 0 Å². The van der Waals surface area contributed by atoms with E-state index in [1.807, 2.05) is 6.07 Å². The van der Waals surface area contributed by atoms with E-state index in [9.17, 15) is 21.6 Å². The molecule has 0 atom stereocenters. The Labute approximate surface area is 131 Å². The molecule has 0 saturated carbocycles. The fourth-order valence-corrected chi connectivity index (χ4v) is 3.53. The summed E-state index contributed by atoms with van der Waals surface area (Å²) in [7, 11) is -3.52. The highest BCUT2D eigenvalue weighted by molar-refractivity contribution is 7.89. The van der Waals surface area contributed by atoms with Crippen LogP contribution in [0.4, 0.5) is 13.2 Å². The first kappa shape index (κ1) is 17.0. The third-order valence-electron chi connectivity index (χ3n) is 3.14. The highest BCUT2D eigenvalue weighted by Gasteiger charge is 2.30. The molecule has 7 heteroatoms. The topological polar surface area (TPSA) is 57.9 Å². The van der Waals surface area contributed by atoms with Crippen LogP contribution in [0.5, 0.6) is 0 Å². The largest absolute Gasteiger partial charge is 0.416 e. The third-order valence-corrected chi connectivity index (χ3v) is 4.68. The van der Waals surface area contributed by atoms with Gasteiger partial charge in [-0.15, -0.1) is 0 Å². The molecule has 0 saturated heterocycles. The summed E-state index contributed by atoms with van der Waals surface area (Å²) < 4.78 is 61.6. The smallest absolute Gasteiger partial charge is 0.228 e. The Bertz CT molecular complexity index is 818. The number of nitriles is 1. The summed E-state index contributed by atoms with van der Waals surface area (Å²) in [6, 6.07) is 12.1. The van der Waals surface area contributed by atoms with Gasteiger partial charge in [-0.3, -0.25) is 0 Å². The molecule has 23 heavy (non-hydrogen) atoms. The van der Waals surface area contributed by atoms with Gasteiger partial charge in [0.25, 0.3) is 0 Å². The van der Waals surface area contributed by atoms with E-state index >= 15 is 0 Å². The number of nitrogens with zero attached hydrogens (tertiary/aromatic N) is 1. The molecule has 0 aliphatic heterocycles. The summed E-state index contributed by atoms with van der Waals surface area (Å²) in [5.41, 5.74) is 0.433. The van der Waals surface area contributed by atoms with Crippen LogP contribution in [0.1, 0.15) is 22.3 Å². The standard InChI is InChI=1S/C16H12F3NO2S/c17-16(18,19)15-7-5-14(6-8-15)11-23(21,22)10-13-3-1-12(9-20)2-4-13/h1-8H,10-11H2. The molecule has 0 fully saturated rings. The van der Waals surface area contributed by atoms with Gasteiger partial charge in [-0.2, -0.15) is 18.4 Å². The summed E-state index contributed by atoms with van der Waals surface area (Å²) in [4.78, 5) is 0. The molecule has 0 aliphatic carbocycles. The van der Waals surface area contributed by atoms with E-state index in [0.717, 1.165) is 12.1 Å². The molecule has 120 valence electrons. The molecule has 0 aliphatic rings. The van der Waals surface area contributed by atoms with Crippen molar-refractivity contribution in [3.8, 4) is 6.07 Å². The number of sulfone groups is 1. The molecular formula is C16H12F3NO2S. The first-order valence-electron chi connectivity index (χ1n) is 6.55. The Balaban J connectivity index is 2.10. The van der Waals surface area contributed by atoms with Crippen LogP contribution < -0.4 is 0 Å². The number of alkyl halides is 3. The summed E-state index contributed by atoms with van der Waals surface area (Å²) >= 11 is 0. The first-order valence-corrected chi connectivity index (χ1v) is 8.37. The number of rotatable bonds is 4. The minimum Gasteiger partial charge on any atom is -0.228 e. The van der Waals surface area contributed by atoms with Gasteiger partial charge in [-0.05, 0) is 35.4 Å². The fraction of sp³-hybridized carbons (Fsp3) is 0.188. The minimum absolute atomic E-state index is 0.236. The van der Waals surface area contributed by atoms with Crippen molar-refractivity contribution in [2.45, 2.75) is 17.7 Å². The molecule has 2 aromatic carbocycles. The second-order valence-electron chi connectivity index (χ2n) is 5.04. The Kier molecular flexibility index (Phi) is 4.76. The number of benzene rings is 2. The van der Waals surface area contributed by atoms with E-state index in [2.05, 4.69) is 0 Å². The zero-order chi connectivity index (χ0) is 17.1. The van der Waals surface area contributed by atoms with Crippen LogP contribution in [0.3, 0.4) is 0 Å². The highest BCUT2D eigenvalue weighted by atomic mass is 32.2. The monoisotopic (exact) mass is 339 g/mol. The summed E-state index contributed by atoms with van der Waals surface area (Å²) in [5, 5.41) is 8.69. The van der Waals surface area contributed by atoms with E-state index in [-0.39, 0.29) is 11.5 Å². The van der Waals surface area contributed by atoms with Crippen LogP contribution in [-0.2, 0) is 27.5 Å². The second kappa shape index (κ2) is 6.42. The molecule has 0 spiro atoms. The number of hydrogen-bond donors (Lipinski definition) is 0. The SMILES string of the molecule is N#Cc1ccc(CS(=O)(=O)Cc2ccc(C(F)(F)F)cc2)cc1. The average Bonchev–Trinajstić information content (AvgIpc) is 2.46. The van der Waals surface area contributed by atoms with E-state index in [1.54, 1.807) is 12.1 Å². The molecule has 0 N–H and O–H groups in total. The van der Waals surface area contributed by atoms with Crippen molar-refractivity contribution in [2.75, 3.05) is 0 Å². The maximum atomic E-state index is 12.5. The Hall–Kier alpha value is -2.33. The van der Waals surface area contributed by atoms with Crippen LogP contribution in [0.2, 0.25) is 0 Å². The second-order valence-corrected chi connectivity index (χ2v) is 7.10. The lowest BCUT2D eigenvalue weighted by Gasteiger charge is -2.08. The van der Waals surface area contributed by atoms with Gasteiger partial charge in [0.15, 0.2) is 9.84 Å². The first-order chi connectivity index (χ1) is 10.7. The average molecular weight is 339 g/mol. The van der Waals surface area contributed by atoms with Crippen LogP contribution in [0.25, 0.3) is 0 Å². The van der Waals surface area contributed by atoms with Crippen LogP contribution in [0.15, 0.2) is 48.5 Å². The molecular weight excluding hydrogens is 327 g/mol. The third kappa shape index (κ3) is 4.83. The predicted octanol–water partition coefficient (Wildman–Crippen LogP) is 3.69. The minimum atomic E-state index is -4.44. The molecule has 2 rings (SSSR count). The normalized spacial score (nSPS) is 11.9. The van der Waals surface area contributed by atoms with Crippen LogP contribution in [-0.4, -0.2) is 8.42 Å². The Morgan fingerprint density at radius 1 is 0.870 bits per heavy atom. The Morgan fingerprint density at radius 2 is 1.30 bits per heavy atom. The molecule has 3 nitrogen and oxygen atoms in total. The molecule has 0 amide bonds. The lowest BCUT2D eigenvalue weighted by atomic mass is 10.1. The van der Waals surface area contributed by atoms with Crippen molar-refractivity contribution in [1.29, 1.82) is 5.26 Å². The molecule has 0 aromatic heterocycles. The van der Waals surface area contributed by atoms with Gasteiger partial charge >= 0.3 is 6.18 Å². The quantitative estimate of drug-likeness (QED) is 0.853. The van der Waals surface area contributed by atoms with Gasteiger partial charge in [-0.1, -0.05) is 24.3 Å². The lowest BCUT2D eigenvalue weighted by molar-refractivity contribution is -0.137. The zero-order valence-electron chi connectivity index (χ0n) is 11.8. The van der Waals surface area contributed by atoms with E-state index in [0.29, 0.717) is 16.7 Å².